The highest BCUT2D eigenvalue weighted by molar-refractivity contribution is 4.81. The van der Waals surface area contributed by atoms with Gasteiger partial charge in [-0.1, -0.05) is 34.1 Å². The smallest absolute Gasteiger partial charge is 0.00614 e. The van der Waals surface area contributed by atoms with Gasteiger partial charge in [0.1, 0.15) is 0 Å². The van der Waals surface area contributed by atoms with Gasteiger partial charge in [-0.05, 0) is 45.2 Å². The summed E-state index contributed by atoms with van der Waals surface area (Å²) in [5.41, 5.74) is 0.419. The topological polar surface area (TPSA) is 15.3 Å². The van der Waals surface area contributed by atoms with Crippen molar-refractivity contribution in [3.05, 3.63) is 0 Å². The molecule has 0 heterocycles. The lowest BCUT2D eigenvalue weighted by molar-refractivity contribution is 0.140. The van der Waals surface area contributed by atoms with Crippen molar-refractivity contribution in [1.29, 1.82) is 0 Å². The van der Waals surface area contributed by atoms with Gasteiger partial charge >= 0.3 is 0 Å². The van der Waals surface area contributed by atoms with Crippen LogP contribution in [0.2, 0.25) is 0 Å². The van der Waals surface area contributed by atoms with Gasteiger partial charge in [-0.15, -0.1) is 0 Å². The third kappa shape index (κ3) is 7.05. The fourth-order valence-electron chi connectivity index (χ4n) is 2.46. The molecule has 2 nitrogen and oxygen atoms in total. The Morgan fingerprint density at radius 3 is 2.29 bits per heavy atom. The van der Waals surface area contributed by atoms with Crippen molar-refractivity contribution < 1.29 is 0 Å². The first-order valence-corrected chi connectivity index (χ1v) is 7.40. The number of hydrogen-bond donors (Lipinski definition) is 1. The first kappa shape index (κ1) is 16.9. The molecule has 0 saturated carbocycles. The maximum absolute atomic E-state index is 3.60. The Morgan fingerprint density at radius 1 is 1.18 bits per heavy atom. The quantitative estimate of drug-likeness (QED) is 0.590. The predicted octanol–water partition coefficient (Wildman–Crippen LogP) is 3.52. The van der Waals surface area contributed by atoms with Gasteiger partial charge in [0, 0.05) is 19.1 Å². The van der Waals surface area contributed by atoms with Crippen LogP contribution in [0.25, 0.3) is 0 Å². The van der Waals surface area contributed by atoms with E-state index in [0.717, 1.165) is 13.1 Å². The second-order valence-electron chi connectivity index (χ2n) is 5.91. The third-order valence-corrected chi connectivity index (χ3v) is 3.81. The molecule has 17 heavy (non-hydrogen) atoms. The van der Waals surface area contributed by atoms with Crippen LogP contribution in [0.3, 0.4) is 0 Å². The maximum atomic E-state index is 3.60. The van der Waals surface area contributed by atoms with Gasteiger partial charge in [-0.3, -0.25) is 0 Å². The minimum atomic E-state index is 0.419. The van der Waals surface area contributed by atoms with Crippen LogP contribution in [-0.2, 0) is 0 Å². The van der Waals surface area contributed by atoms with E-state index in [-0.39, 0.29) is 0 Å². The van der Waals surface area contributed by atoms with E-state index in [0.29, 0.717) is 11.5 Å². The van der Waals surface area contributed by atoms with Gasteiger partial charge in [-0.25, -0.2) is 0 Å². The fourth-order valence-corrected chi connectivity index (χ4v) is 2.46. The SMILES string of the molecule is CCCNCC(C)(CCC)CN(C)C(C)CC. The van der Waals surface area contributed by atoms with Crippen molar-refractivity contribution in [2.75, 3.05) is 26.7 Å². The highest BCUT2D eigenvalue weighted by Crippen LogP contribution is 2.24. The van der Waals surface area contributed by atoms with Crippen LogP contribution in [-0.4, -0.2) is 37.6 Å². The summed E-state index contributed by atoms with van der Waals surface area (Å²) < 4.78 is 0. The normalized spacial score (nSPS) is 17.1. The first-order valence-electron chi connectivity index (χ1n) is 7.40. The van der Waals surface area contributed by atoms with Crippen molar-refractivity contribution in [2.24, 2.45) is 5.41 Å². The zero-order valence-electron chi connectivity index (χ0n) is 13.0. The van der Waals surface area contributed by atoms with E-state index in [9.17, 15) is 0 Å². The van der Waals surface area contributed by atoms with Gasteiger partial charge in [0.05, 0.1) is 0 Å². The predicted molar refractivity (Wildman–Crippen MR) is 78.6 cm³/mol. The number of rotatable bonds is 10. The maximum Gasteiger partial charge on any atom is 0.00614 e. The highest BCUT2D eigenvalue weighted by atomic mass is 15.1. The molecule has 0 radical (unpaired) electrons. The Hall–Kier alpha value is -0.0800. The molecule has 0 saturated heterocycles. The van der Waals surface area contributed by atoms with Crippen molar-refractivity contribution in [3.63, 3.8) is 0 Å². The number of nitrogens with zero attached hydrogens (tertiary/aromatic N) is 1. The summed E-state index contributed by atoms with van der Waals surface area (Å²) >= 11 is 0. The van der Waals surface area contributed by atoms with Crippen LogP contribution in [0.5, 0.6) is 0 Å². The summed E-state index contributed by atoms with van der Waals surface area (Å²) in [4.78, 5) is 2.52. The molecule has 0 bridgehead atoms. The molecule has 2 unspecified atom stereocenters. The largest absolute Gasteiger partial charge is 0.316 e. The summed E-state index contributed by atoms with van der Waals surface area (Å²) in [7, 11) is 2.27. The average molecular weight is 242 g/mol. The van der Waals surface area contributed by atoms with Crippen LogP contribution in [0, 0.1) is 5.41 Å². The second kappa shape index (κ2) is 8.93. The molecule has 1 N–H and O–H groups in total. The molecule has 0 aromatic carbocycles. The van der Waals surface area contributed by atoms with E-state index in [2.05, 4.69) is 51.9 Å². The molecule has 0 rings (SSSR count). The Labute approximate surface area is 109 Å². The Bertz CT molecular complexity index is 182. The summed E-state index contributed by atoms with van der Waals surface area (Å²) in [5, 5.41) is 3.60. The molecule has 104 valence electrons. The monoisotopic (exact) mass is 242 g/mol. The zero-order chi connectivity index (χ0) is 13.3. The molecule has 0 aromatic heterocycles. The number of nitrogens with one attached hydrogen (secondary N) is 1. The van der Waals surface area contributed by atoms with Crippen LogP contribution >= 0.6 is 0 Å². The Morgan fingerprint density at radius 2 is 1.82 bits per heavy atom. The lowest BCUT2D eigenvalue weighted by Crippen LogP contribution is -2.43. The second-order valence-corrected chi connectivity index (χ2v) is 5.91. The molecular formula is C15H34N2. The first-order chi connectivity index (χ1) is 7.99. The standard InChI is InChI=1S/C15H34N2/c1-7-10-15(5,12-16-11-8-2)13-17(6)14(4)9-3/h14,16H,7-13H2,1-6H3. The molecule has 0 aliphatic carbocycles. The van der Waals surface area contributed by atoms with E-state index < -0.39 is 0 Å². The lowest BCUT2D eigenvalue weighted by atomic mass is 9.84. The van der Waals surface area contributed by atoms with Crippen LogP contribution < -0.4 is 5.32 Å². The summed E-state index contributed by atoms with van der Waals surface area (Å²) in [6, 6.07) is 0.692. The van der Waals surface area contributed by atoms with Gasteiger partial charge in [-0.2, -0.15) is 0 Å². The van der Waals surface area contributed by atoms with Crippen molar-refractivity contribution in [2.45, 2.75) is 66.3 Å². The van der Waals surface area contributed by atoms with Gasteiger partial charge in [0.2, 0.25) is 0 Å². The fraction of sp³-hybridized carbons (Fsp3) is 1.00. The van der Waals surface area contributed by atoms with E-state index in [1.54, 1.807) is 0 Å². The molecule has 0 aliphatic heterocycles. The molecule has 2 atom stereocenters. The van der Waals surface area contributed by atoms with Crippen molar-refractivity contribution >= 4 is 0 Å². The summed E-state index contributed by atoms with van der Waals surface area (Å²) in [5.74, 6) is 0. The van der Waals surface area contributed by atoms with Crippen LogP contribution in [0.15, 0.2) is 0 Å². The lowest BCUT2D eigenvalue weighted by Gasteiger charge is -2.36. The Balaban J connectivity index is 4.27. The van der Waals surface area contributed by atoms with Gasteiger partial charge in [0.15, 0.2) is 0 Å². The zero-order valence-corrected chi connectivity index (χ0v) is 13.0. The van der Waals surface area contributed by atoms with Gasteiger partial charge < -0.3 is 10.2 Å². The van der Waals surface area contributed by atoms with Crippen LogP contribution in [0.4, 0.5) is 0 Å². The van der Waals surface area contributed by atoms with Crippen molar-refractivity contribution in [3.8, 4) is 0 Å². The molecule has 2 heteroatoms. The highest BCUT2D eigenvalue weighted by Gasteiger charge is 2.25. The van der Waals surface area contributed by atoms with Crippen LogP contribution in [0.1, 0.15) is 60.3 Å². The van der Waals surface area contributed by atoms with E-state index in [1.165, 1.54) is 32.2 Å². The summed E-state index contributed by atoms with van der Waals surface area (Å²) in [6.45, 7) is 15.0. The van der Waals surface area contributed by atoms with Gasteiger partial charge in [0.25, 0.3) is 0 Å². The minimum Gasteiger partial charge on any atom is -0.316 e. The number of hydrogen-bond acceptors (Lipinski definition) is 2. The van der Waals surface area contributed by atoms with E-state index in [1.807, 2.05) is 0 Å². The molecule has 0 spiro atoms. The van der Waals surface area contributed by atoms with Crippen molar-refractivity contribution in [1.82, 2.24) is 10.2 Å². The third-order valence-electron chi connectivity index (χ3n) is 3.81. The molecule has 0 aromatic rings. The minimum absolute atomic E-state index is 0.419. The average Bonchev–Trinajstić information content (AvgIpc) is 2.28. The summed E-state index contributed by atoms with van der Waals surface area (Å²) in [6.07, 6.45) is 5.05. The van der Waals surface area contributed by atoms with E-state index in [4.69, 9.17) is 0 Å². The molecular weight excluding hydrogens is 208 g/mol. The molecule has 0 aliphatic rings. The molecule has 0 amide bonds. The Kier molecular flexibility index (Phi) is 8.89. The van der Waals surface area contributed by atoms with E-state index >= 15 is 0 Å². The molecule has 0 fully saturated rings.